The molecule has 0 aromatic heterocycles. The molecule has 1 unspecified atom stereocenters. The Hall–Kier alpha value is -2.60. The Morgan fingerprint density at radius 3 is 2.25 bits per heavy atom. The van der Waals surface area contributed by atoms with E-state index in [2.05, 4.69) is 0 Å². The van der Waals surface area contributed by atoms with Crippen molar-refractivity contribution in [3.8, 4) is 28.7 Å². The van der Waals surface area contributed by atoms with Crippen LogP contribution in [0.5, 0.6) is 28.7 Å². The average Bonchev–Trinajstić information content (AvgIpc) is 2.61. The molecular weight excluding hydrogens is 312 g/mol. The minimum Gasteiger partial charge on any atom is -0.504 e. The van der Waals surface area contributed by atoms with Gasteiger partial charge in [-0.3, -0.25) is 0 Å². The van der Waals surface area contributed by atoms with Crippen LogP contribution in [0.2, 0.25) is 0 Å². The van der Waals surface area contributed by atoms with E-state index in [0.717, 1.165) is 11.3 Å². The summed E-state index contributed by atoms with van der Waals surface area (Å²) < 4.78 is 21.0. The van der Waals surface area contributed by atoms with Crippen LogP contribution in [0, 0.1) is 0 Å². The Morgan fingerprint density at radius 1 is 0.917 bits per heavy atom. The fraction of sp³-hybridized carbons (Fsp3) is 0.333. The number of methoxy groups -OCH3 is 4. The van der Waals surface area contributed by atoms with Crippen molar-refractivity contribution in [1.29, 1.82) is 0 Å². The molecule has 0 aliphatic rings. The van der Waals surface area contributed by atoms with E-state index < -0.39 is 6.10 Å². The molecule has 0 saturated carbocycles. The zero-order valence-corrected chi connectivity index (χ0v) is 14.2. The molecule has 2 N–H and O–H groups in total. The first kappa shape index (κ1) is 17.7. The van der Waals surface area contributed by atoms with Crippen LogP contribution in [0.25, 0.3) is 0 Å². The number of ether oxygens (including phenoxy) is 4. The molecular formula is C18H22O6. The van der Waals surface area contributed by atoms with Crippen molar-refractivity contribution < 1.29 is 29.2 Å². The summed E-state index contributed by atoms with van der Waals surface area (Å²) in [6.07, 6.45) is 0.0405. The van der Waals surface area contributed by atoms with Crippen molar-refractivity contribution in [2.24, 2.45) is 0 Å². The Bertz CT molecular complexity index is 698. The van der Waals surface area contributed by atoms with Crippen LogP contribution < -0.4 is 14.2 Å². The van der Waals surface area contributed by atoms with Crippen LogP contribution in [0.3, 0.4) is 0 Å². The summed E-state index contributed by atoms with van der Waals surface area (Å²) in [5.74, 6) is 0.472. The number of hydrogen-bond acceptors (Lipinski definition) is 6. The summed E-state index contributed by atoms with van der Waals surface area (Å²) in [5, 5.41) is 20.5. The summed E-state index contributed by atoms with van der Waals surface area (Å²) in [4.78, 5) is 0. The molecule has 6 heteroatoms. The maximum atomic E-state index is 10.4. The van der Waals surface area contributed by atoms with Crippen molar-refractivity contribution in [3.05, 3.63) is 41.5 Å². The van der Waals surface area contributed by atoms with Crippen LogP contribution in [0.15, 0.2) is 30.3 Å². The molecule has 0 heterocycles. The number of rotatable bonds is 7. The summed E-state index contributed by atoms with van der Waals surface area (Å²) in [6, 6.07) is 9.13. The van der Waals surface area contributed by atoms with Gasteiger partial charge in [0.15, 0.2) is 11.5 Å². The topological polar surface area (TPSA) is 77.4 Å². The molecule has 6 nitrogen and oxygen atoms in total. The standard InChI is InChI=1S/C18H22O6/c1-21-12-7-5-6-11(8-12)9-14(22-2)13-10-15(23-3)17(20)18(24-4)16(13)19/h5-8,10,14,19-20H,9H2,1-4H3. The predicted molar refractivity (Wildman–Crippen MR) is 89.3 cm³/mol. The van der Waals surface area contributed by atoms with E-state index >= 15 is 0 Å². The first-order valence-corrected chi connectivity index (χ1v) is 7.38. The molecule has 0 amide bonds. The minimum atomic E-state index is -0.458. The fourth-order valence-corrected chi connectivity index (χ4v) is 2.56. The lowest BCUT2D eigenvalue weighted by Crippen LogP contribution is -2.07. The van der Waals surface area contributed by atoms with Crippen molar-refractivity contribution in [1.82, 2.24) is 0 Å². The van der Waals surface area contributed by atoms with Gasteiger partial charge in [-0.15, -0.1) is 0 Å². The Kier molecular flexibility index (Phi) is 5.76. The van der Waals surface area contributed by atoms with Gasteiger partial charge in [-0.2, -0.15) is 0 Å². The molecule has 1 atom stereocenters. The van der Waals surface area contributed by atoms with E-state index in [-0.39, 0.29) is 23.0 Å². The first-order valence-electron chi connectivity index (χ1n) is 7.38. The zero-order valence-electron chi connectivity index (χ0n) is 14.2. The fourth-order valence-electron chi connectivity index (χ4n) is 2.56. The highest BCUT2D eigenvalue weighted by atomic mass is 16.5. The Morgan fingerprint density at radius 2 is 1.67 bits per heavy atom. The van der Waals surface area contributed by atoms with E-state index in [4.69, 9.17) is 18.9 Å². The Labute approximate surface area is 141 Å². The van der Waals surface area contributed by atoms with Gasteiger partial charge < -0.3 is 29.2 Å². The molecule has 2 rings (SSSR count). The number of hydrogen-bond donors (Lipinski definition) is 2. The molecule has 0 aliphatic heterocycles. The molecule has 2 aromatic carbocycles. The van der Waals surface area contributed by atoms with Crippen LogP contribution in [0.4, 0.5) is 0 Å². The van der Waals surface area contributed by atoms with Gasteiger partial charge in [-0.25, -0.2) is 0 Å². The largest absolute Gasteiger partial charge is 0.504 e. The van der Waals surface area contributed by atoms with E-state index in [0.29, 0.717) is 12.0 Å². The molecule has 0 fully saturated rings. The van der Waals surface area contributed by atoms with Crippen molar-refractivity contribution in [3.63, 3.8) is 0 Å². The second-order valence-electron chi connectivity index (χ2n) is 5.18. The third kappa shape index (κ3) is 3.49. The first-order chi connectivity index (χ1) is 11.5. The highest BCUT2D eigenvalue weighted by Gasteiger charge is 2.24. The van der Waals surface area contributed by atoms with E-state index in [1.54, 1.807) is 20.3 Å². The van der Waals surface area contributed by atoms with Gasteiger partial charge in [0.2, 0.25) is 11.5 Å². The van der Waals surface area contributed by atoms with Crippen LogP contribution >= 0.6 is 0 Å². The van der Waals surface area contributed by atoms with Crippen LogP contribution in [-0.2, 0) is 11.2 Å². The predicted octanol–water partition coefficient (Wildman–Crippen LogP) is 3.05. The zero-order chi connectivity index (χ0) is 17.7. The van der Waals surface area contributed by atoms with Gasteiger partial charge in [0.25, 0.3) is 0 Å². The van der Waals surface area contributed by atoms with Gasteiger partial charge in [-0.05, 0) is 23.8 Å². The number of aromatic hydroxyl groups is 2. The number of benzene rings is 2. The van der Waals surface area contributed by atoms with Gasteiger partial charge in [0.05, 0.1) is 27.4 Å². The van der Waals surface area contributed by atoms with Gasteiger partial charge in [-0.1, -0.05) is 12.1 Å². The molecule has 130 valence electrons. The maximum absolute atomic E-state index is 10.4. The lowest BCUT2D eigenvalue weighted by Gasteiger charge is -2.20. The molecule has 0 bridgehead atoms. The average molecular weight is 334 g/mol. The van der Waals surface area contributed by atoms with Gasteiger partial charge in [0, 0.05) is 19.1 Å². The summed E-state index contributed by atoms with van der Waals surface area (Å²) in [6.45, 7) is 0. The normalized spacial score (nSPS) is 11.8. The van der Waals surface area contributed by atoms with Crippen molar-refractivity contribution >= 4 is 0 Å². The maximum Gasteiger partial charge on any atom is 0.207 e. The monoisotopic (exact) mass is 334 g/mol. The van der Waals surface area contributed by atoms with E-state index in [1.165, 1.54) is 14.2 Å². The SMILES string of the molecule is COc1cccc(CC(OC)c2cc(OC)c(O)c(OC)c2O)c1. The Balaban J connectivity index is 2.42. The molecule has 0 saturated heterocycles. The van der Waals surface area contributed by atoms with Gasteiger partial charge >= 0.3 is 0 Å². The highest BCUT2D eigenvalue weighted by Crippen LogP contribution is 2.48. The number of phenols is 2. The van der Waals surface area contributed by atoms with Crippen molar-refractivity contribution in [2.45, 2.75) is 12.5 Å². The second-order valence-corrected chi connectivity index (χ2v) is 5.18. The third-order valence-electron chi connectivity index (χ3n) is 3.83. The molecule has 2 aromatic rings. The highest BCUT2D eigenvalue weighted by molar-refractivity contribution is 5.62. The lowest BCUT2D eigenvalue weighted by atomic mass is 9.99. The molecule has 0 radical (unpaired) electrons. The molecule has 0 aliphatic carbocycles. The number of phenolic OH excluding ortho intramolecular Hbond substituents is 2. The summed E-state index contributed by atoms with van der Waals surface area (Å²) >= 11 is 0. The molecule has 0 spiro atoms. The van der Waals surface area contributed by atoms with Gasteiger partial charge in [0.1, 0.15) is 5.75 Å². The van der Waals surface area contributed by atoms with Crippen LogP contribution in [-0.4, -0.2) is 38.7 Å². The second kappa shape index (κ2) is 7.79. The van der Waals surface area contributed by atoms with E-state index in [9.17, 15) is 10.2 Å². The lowest BCUT2D eigenvalue weighted by molar-refractivity contribution is 0.100. The third-order valence-corrected chi connectivity index (χ3v) is 3.83. The quantitative estimate of drug-likeness (QED) is 0.810. The minimum absolute atomic E-state index is 0.0444. The molecule has 24 heavy (non-hydrogen) atoms. The van der Waals surface area contributed by atoms with Crippen molar-refractivity contribution in [2.75, 3.05) is 28.4 Å². The van der Waals surface area contributed by atoms with E-state index in [1.807, 2.05) is 24.3 Å². The summed E-state index contributed by atoms with van der Waals surface area (Å²) in [5.41, 5.74) is 1.44. The smallest absolute Gasteiger partial charge is 0.207 e. The summed E-state index contributed by atoms with van der Waals surface area (Å²) in [7, 11) is 5.95. The van der Waals surface area contributed by atoms with Crippen LogP contribution in [0.1, 0.15) is 17.2 Å².